The van der Waals surface area contributed by atoms with Crippen LogP contribution >= 0.6 is 23.2 Å². The number of anilines is 2. The molecule has 1 unspecified atom stereocenters. The average Bonchev–Trinajstić information content (AvgIpc) is 3.38. The summed E-state index contributed by atoms with van der Waals surface area (Å²) >= 11 is 12.7. The molecule has 0 spiro atoms. The number of rotatable bonds is 6. The highest BCUT2D eigenvalue weighted by Crippen LogP contribution is 2.36. The van der Waals surface area contributed by atoms with Crippen molar-refractivity contribution >= 4 is 46.4 Å². The van der Waals surface area contributed by atoms with Crippen LogP contribution in [0.25, 0.3) is 0 Å². The fourth-order valence-electron chi connectivity index (χ4n) is 4.59. The van der Waals surface area contributed by atoms with E-state index in [1.807, 2.05) is 24.3 Å². The summed E-state index contributed by atoms with van der Waals surface area (Å²) in [5, 5.41) is 13.0. The minimum atomic E-state index is -1.11. The van der Waals surface area contributed by atoms with E-state index in [9.17, 15) is 14.9 Å². The molecule has 0 radical (unpaired) electrons. The summed E-state index contributed by atoms with van der Waals surface area (Å²) in [5.74, 6) is -0.857. The Morgan fingerprint density at radius 2 is 1.79 bits per heavy atom. The highest BCUT2D eigenvalue weighted by Gasteiger charge is 2.40. The summed E-state index contributed by atoms with van der Waals surface area (Å²) in [4.78, 5) is 35.3. The van der Waals surface area contributed by atoms with Crippen LogP contribution < -0.4 is 10.2 Å². The quantitative estimate of drug-likeness (QED) is 0.362. The molecule has 0 bridgehead atoms. The fraction of sp³-hybridized carbons (Fsp3) is 0.310. The Morgan fingerprint density at radius 3 is 2.37 bits per heavy atom. The van der Waals surface area contributed by atoms with Crippen LogP contribution in [0.1, 0.15) is 50.8 Å². The summed E-state index contributed by atoms with van der Waals surface area (Å²) in [6.07, 6.45) is 6.51. The molecule has 1 saturated heterocycles. The van der Waals surface area contributed by atoms with Crippen molar-refractivity contribution in [1.29, 1.82) is 5.26 Å². The molecule has 9 heteroatoms. The van der Waals surface area contributed by atoms with Crippen LogP contribution in [0.5, 0.6) is 0 Å². The van der Waals surface area contributed by atoms with Crippen molar-refractivity contribution in [3.63, 3.8) is 0 Å². The predicted molar refractivity (Wildman–Crippen MR) is 150 cm³/mol. The predicted octanol–water partition coefficient (Wildman–Crippen LogP) is 6.34. The van der Waals surface area contributed by atoms with Gasteiger partial charge in [0.1, 0.15) is 12.1 Å². The molecule has 1 aliphatic heterocycles. The maximum absolute atomic E-state index is 14.2. The van der Waals surface area contributed by atoms with Crippen molar-refractivity contribution in [3.8, 4) is 6.19 Å². The van der Waals surface area contributed by atoms with E-state index in [-0.39, 0.29) is 27.1 Å². The van der Waals surface area contributed by atoms with Crippen molar-refractivity contribution in [1.82, 2.24) is 9.88 Å². The number of pyridine rings is 1. The first kappa shape index (κ1) is 27.4. The van der Waals surface area contributed by atoms with Crippen molar-refractivity contribution in [3.05, 3.63) is 88.2 Å². The van der Waals surface area contributed by atoms with E-state index in [1.165, 1.54) is 9.80 Å². The van der Waals surface area contributed by atoms with Crippen LogP contribution in [0.4, 0.5) is 11.4 Å². The lowest BCUT2D eigenvalue weighted by molar-refractivity contribution is -0.126. The number of nitriles is 1. The summed E-state index contributed by atoms with van der Waals surface area (Å²) in [6.45, 7) is 6.80. The Balaban J connectivity index is 1.85. The molecular weight excluding hydrogens is 521 g/mol. The maximum atomic E-state index is 14.2. The van der Waals surface area contributed by atoms with Crippen LogP contribution in [0.15, 0.2) is 67.0 Å². The van der Waals surface area contributed by atoms with Crippen LogP contribution in [0, 0.1) is 11.5 Å². The van der Waals surface area contributed by atoms with Gasteiger partial charge in [-0.3, -0.25) is 24.4 Å². The number of nitrogens with zero attached hydrogens (tertiary/aromatic N) is 4. The van der Waals surface area contributed by atoms with Gasteiger partial charge in [0.25, 0.3) is 11.8 Å². The SMILES string of the molecule is CC(C)(C)c1ccc(N(C(=O)[C@H]2CCCN2C#N)C(C(=O)Nc2c(Cl)cccc2Cl)c2cccnc2)cc1. The number of carbonyl (C=O) groups excluding carboxylic acids is 2. The van der Waals surface area contributed by atoms with Gasteiger partial charge in [-0.2, -0.15) is 5.26 Å². The topological polar surface area (TPSA) is 89.3 Å². The van der Waals surface area contributed by atoms with Crippen molar-refractivity contribution in [2.75, 3.05) is 16.8 Å². The number of hydrogen-bond donors (Lipinski definition) is 1. The highest BCUT2D eigenvalue weighted by molar-refractivity contribution is 6.39. The Kier molecular flexibility index (Phi) is 8.25. The second kappa shape index (κ2) is 11.4. The molecule has 3 aromatic rings. The van der Waals surface area contributed by atoms with Gasteiger partial charge in [0.05, 0.1) is 15.7 Å². The standard InChI is InChI=1S/C29H29Cl2N5O2/c1-29(2,3)20-11-13-21(14-12-20)36(28(38)24-10-6-16-35(24)18-32)26(19-7-5-15-33-17-19)27(37)34-25-22(30)8-4-9-23(25)31/h4-5,7-9,11-15,17,24,26H,6,10,16H2,1-3H3,(H,34,37)/t24-,26?/m1/s1. The molecule has 4 rings (SSSR count). The van der Waals surface area contributed by atoms with E-state index < -0.39 is 18.0 Å². The number of amides is 2. The molecule has 2 heterocycles. The third-order valence-corrected chi connectivity index (χ3v) is 7.26. The first-order valence-corrected chi connectivity index (χ1v) is 13.1. The summed E-state index contributed by atoms with van der Waals surface area (Å²) in [7, 11) is 0. The number of carbonyl (C=O) groups is 2. The van der Waals surface area contributed by atoms with Gasteiger partial charge in [-0.25, -0.2) is 0 Å². The minimum Gasteiger partial charge on any atom is -0.321 e. The third-order valence-electron chi connectivity index (χ3n) is 6.63. The molecule has 38 heavy (non-hydrogen) atoms. The maximum Gasteiger partial charge on any atom is 0.252 e. The third kappa shape index (κ3) is 5.77. The van der Waals surface area contributed by atoms with E-state index in [1.54, 1.807) is 42.7 Å². The summed E-state index contributed by atoms with van der Waals surface area (Å²) in [5.41, 5.74) is 2.27. The van der Waals surface area contributed by atoms with E-state index in [4.69, 9.17) is 23.2 Å². The van der Waals surface area contributed by atoms with Gasteiger partial charge >= 0.3 is 0 Å². The lowest BCUT2D eigenvalue weighted by Crippen LogP contribution is -2.49. The minimum absolute atomic E-state index is 0.0998. The number of nitrogens with one attached hydrogen (secondary N) is 1. The van der Waals surface area contributed by atoms with E-state index in [0.717, 1.165) is 5.56 Å². The van der Waals surface area contributed by atoms with Crippen molar-refractivity contribution in [2.24, 2.45) is 0 Å². The lowest BCUT2D eigenvalue weighted by Gasteiger charge is -2.34. The fourth-order valence-corrected chi connectivity index (χ4v) is 5.09. The van der Waals surface area contributed by atoms with Gasteiger partial charge in [0.15, 0.2) is 6.19 Å². The molecule has 1 aliphatic rings. The molecule has 0 aliphatic carbocycles. The van der Waals surface area contributed by atoms with Crippen molar-refractivity contribution in [2.45, 2.75) is 51.1 Å². The Bertz CT molecular complexity index is 1330. The second-order valence-electron chi connectivity index (χ2n) is 10.2. The number of para-hydroxylation sites is 1. The van der Waals surface area contributed by atoms with Gasteiger partial charge in [-0.1, -0.05) is 68.2 Å². The Labute approximate surface area is 233 Å². The number of hydrogen-bond acceptors (Lipinski definition) is 5. The second-order valence-corrected chi connectivity index (χ2v) is 11.0. The van der Waals surface area contributed by atoms with E-state index in [0.29, 0.717) is 30.6 Å². The Hall–Kier alpha value is -3.60. The Morgan fingerprint density at radius 1 is 1.11 bits per heavy atom. The zero-order valence-corrected chi connectivity index (χ0v) is 23.0. The average molecular weight is 550 g/mol. The molecule has 2 amide bonds. The molecule has 2 atom stereocenters. The molecule has 1 fully saturated rings. The normalized spacial score (nSPS) is 16.0. The van der Waals surface area contributed by atoms with E-state index in [2.05, 4.69) is 37.3 Å². The molecule has 1 aromatic heterocycles. The molecular formula is C29H29Cl2N5O2. The van der Waals surface area contributed by atoms with Gasteiger partial charge in [0, 0.05) is 30.2 Å². The van der Waals surface area contributed by atoms with Crippen LogP contribution in [0.3, 0.4) is 0 Å². The largest absolute Gasteiger partial charge is 0.321 e. The molecule has 2 aromatic carbocycles. The lowest BCUT2D eigenvalue weighted by atomic mass is 9.87. The molecule has 196 valence electrons. The number of halogens is 2. The van der Waals surface area contributed by atoms with Gasteiger partial charge < -0.3 is 5.32 Å². The zero-order valence-electron chi connectivity index (χ0n) is 21.5. The summed E-state index contributed by atoms with van der Waals surface area (Å²) < 4.78 is 0. The number of aromatic nitrogens is 1. The van der Waals surface area contributed by atoms with E-state index >= 15 is 0 Å². The van der Waals surface area contributed by atoms with Crippen LogP contribution in [-0.4, -0.2) is 34.3 Å². The van der Waals surface area contributed by atoms with Crippen LogP contribution in [0.2, 0.25) is 10.0 Å². The zero-order chi connectivity index (χ0) is 27.4. The number of benzene rings is 2. The van der Waals surface area contributed by atoms with Gasteiger partial charge in [-0.05, 0) is 54.2 Å². The first-order chi connectivity index (χ1) is 18.1. The number of likely N-dealkylation sites (tertiary alicyclic amines) is 1. The smallest absolute Gasteiger partial charge is 0.252 e. The monoisotopic (exact) mass is 549 g/mol. The van der Waals surface area contributed by atoms with Crippen molar-refractivity contribution < 1.29 is 9.59 Å². The van der Waals surface area contributed by atoms with Crippen LogP contribution in [-0.2, 0) is 15.0 Å². The first-order valence-electron chi connectivity index (χ1n) is 12.4. The molecule has 7 nitrogen and oxygen atoms in total. The highest BCUT2D eigenvalue weighted by atomic mass is 35.5. The van der Waals surface area contributed by atoms with Gasteiger partial charge in [-0.15, -0.1) is 0 Å². The molecule has 0 saturated carbocycles. The summed E-state index contributed by atoms with van der Waals surface area (Å²) in [6, 6.07) is 14.2. The van der Waals surface area contributed by atoms with Gasteiger partial charge in [0.2, 0.25) is 0 Å². The molecule has 1 N–H and O–H groups in total.